The second-order valence-electron chi connectivity index (χ2n) is 6.43. The van der Waals surface area contributed by atoms with Crippen LogP contribution in [0.3, 0.4) is 0 Å². The summed E-state index contributed by atoms with van der Waals surface area (Å²) in [6.07, 6.45) is 4.96. The number of aromatic nitrogens is 1. The lowest BCUT2D eigenvalue weighted by Gasteiger charge is -2.22. The van der Waals surface area contributed by atoms with E-state index in [-0.39, 0.29) is 0 Å². The predicted molar refractivity (Wildman–Crippen MR) is 112 cm³/mol. The highest BCUT2D eigenvalue weighted by atomic mass is 32.1. The third-order valence-corrected chi connectivity index (χ3v) is 4.93. The Morgan fingerprint density at radius 2 is 1.56 bits per heavy atom. The van der Waals surface area contributed by atoms with Gasteiger partial charge in [-0.25, -0.2) is 4.98 Å². The summed E-state index contributed by atoms with van der Waals surface area (Å²) < 4.78 is 0. The molecule has 0 aliphatic heterocycles. The molecule has 1 N–H and O–H groups in total. The fourth-order valence-electron chi connectivity index (χ4n) is 3.05. The van der Waals surface area contributed by atoms with Crippen molar-refractivity contribution in [3.8, 4) is 0 Å². The molecule has 0 aliphatic rings. The number of para-hydroxylation sites is 2. The smallest absolute Gasteiger partial charge is 0.173 e. The highest BCUT2D eigenvalue weighted by Gasteiger charge is 2.11. The number of nitrogens with one attached hydrogen (secondary N) is 1. The van der Waals surface area contributed by atoms with Gasteiger partial charge in [-0.2, -0.15) is 0 Å². The van der Waals surface area contributed by atoms with Crippen LogP contribution in [0.1, 0.15) is 32.6 Å². The van der Waals surface area contributed by atoms with Crippen LogP contribution in [0.2, 0.25) is 0 Å². The van der Waals surface area contributed by atoms with Gasteiger partial charge < -0.3 is 10.2 Å². The molecule has 0 saturated carbocycles. The zero-order valence-electron chi connectivity index (χ0n) is 15.0. The van der Waals surface area contributed by atoms with E-state index >= 15 is 0 Å². The van der Waals surface area contributed by atoms with Crippen LogP contribution in [0.5, 0.6) is 0 Å². The lowest BCUT2D eigenvalue weighted by atomic mass is 10.1. The Hall–Kier alpha value is -2.20. The molecule has 2 aromatic carbocycles. The molecule has 0 radical (unpaired) electrons. The first kappa shape index (κ1) is 17.6. The number of unbranched alkanes of at least 4 members (excludes halogenated alkanes) is 3. The maximum Gasteiger partial charge on any atom is 0.173 e. The van der Waals surface area contributed by atoms with Crippen molar-refractivity contribution in [1.82, 2.24) is 9.88 Å². The molecule has 4 heteroatoms. The molecule has 1 aromatic heterocycles. The number of pyridine rings is 1. The van der Waals surface area contributed by atoms with E-state index in [1.54, 1.807) is 0 Å². The maximum atomic E-state index is 5.66. The van der Waals surface area contributed by atoms with Crippen molar-refractivity contribution in [3.05, 3.63) is 48.5 Å². The number of hydrogen-bond acceptors (Lipinski definition) is 2. The zero-order valence-corrected chi connectivity index (χ0v) is 15.8. The Balaban J connectivity index is 1.87. The Labute approximate surface area is 155 Å². The van der Waals surface area contributed by atoms with Gasteiger partial charge in [-0.1, -0.05) is 62.6 Å². The molecule has 0 bridgehead atoms. The molecule has 3 aromatic rings. The van der Waals surface area contributed by atoms with Gasteiger partial charge in [0.1, 0.15) is 0 Å². The maximum absolute atomic E-state index is 5.66. The van der Waals surface area contributed by atoms with Gasteiger partial charge in [0.05, 0.1) is 16.7 Å². The molecule has 130 valence electrons. The first-order valence-electron chi connectivity index (χ1n) is 9.00. The quantitative estimate of drug-likeness (QED) is 0.356. The number of benzene rings is 2. The van der Waals surface area contributed by atoms with Crippen LogP contribution in [0.4, 0.5) is 5.69 Å². The molecule has 0 atom stereocenters. The van der Waals surface area contributed by atoms with Gasteiger partial charge in [0, 0.05) is 24.4 Å². The summed E-state index contributed by atoms with van der Waals surface area (Å²) in [5.74, 6) is 0. The SMILES string of the molecule is CCCCCCN(C)C(=S)Nc1c2ccccc2nc2ccccc12. The Morgan fingerprint density at radius 1 is 0.960 bits per heavy atom. The van der Waals surface area contributed by atoms with Gasteiger partial charge in [0.25, 0.3) is 0 Å². The third-order valence-electron chi connectivity index (χ3n) is 4.51. The summed E-state index contributed by atoms with van der Waals surface area (Å²) in [6, 6.07) is 16.4. The molecular weight excluding hydrogens is 326 g/mol. The Morgan fingerprint density at radius 3 is 2.16 bits per heavy atom. The summed E-state index contributed by atoms with van der Waals surface area (Å²) in [4.78, 5) is 6.90. The van der Waals surface area contributed by atoms with Crippen LogP contribution in [0.15, 0.2) is 48.5 Å². The van der Waals surface area contributed by atoms with E-state index in [0.29, 0.717) is 0 Å². The van der Waals surface area contributed by atoms with Crippen molar-refractivity contribution in [1.29, 1.82) is 0 Å². The average Bonchev–Trinajstić information content (AvgIpc) is 2.64. The van der Waals surface area contributed by atoms with Crippen LogP contribution < -0.4 is 5.32 Å². The highest BCUT2D eigenvalue weighted by molar-refractivity contribution is 7.80. The molecule has 1 heterocycles. The Kier molecular flexibility index (Phi) is 5.82. The van der Waals surface area contributed by atoms with E-state index < -0.39 is 0 Å². The van der Waals surface area contributed by atoms with Crippen molar-refractivity contribution in [2.45, 2.75) is 32.6 Å². The molecule has 0 fully saturated rings. The molecule has 0 spiro atoms. The summed E-state index contributed by atoms with van der Waals surface area (Å²) in [6.45, 7) is 3.21. The zero-order chi connectivity index (χ0) is 17.6. The number of anilines is 1. The van der Waals surface area contributed by atoms with Crippen molar-refractivity contribution in [3.63, 3.8) is 0 Å². The first-order valence-corrected chi connectivity index (χ1v) is 9.41. The lowest BCUT2D eigenvalue weighted by Crippen LogP contribution is -2.32. The molecule has 25 heavy (non-hydrogen) atoms. The molecule has 0 amide bonds. The normalized spacial score (nSPS) is 11.0. The van der Waals surface area contributed by atoms with Crippen LogP contribution in [0.25, 0.3) is 21.8 Å². The molecule has 0 unspecified atom stereocenters. The summed E-state index contributed by atoms with van der Waals surface area (Å²) in [5.41, 5.74) is 3.01. The highest BCUT2D eigenvalue weighted by Crippen LogP contribution is 2.30. The summed E-state index contributed by atoms with van der Waals surface area (Å²) in [7, 11) is 2.06. The Bertz CT molecular complexity index is 821. The van der Waals surface area contributed by atoms with Crippen molar-refractivity contribution in [2.24, 2.45) is 0 Å². The number of rotatable bonds is 6. The second-order valence-corrected chi connectivity index (χ2v) is 6.82. The van der Waals surface area contributed by atoms with Gasteiger partial charge in [0.15, 0.2) is 5.11 Å². The van der Waals surface area contributed by atoms with Gasteiger partial charge in [0.2, 0.25) is 0 Å². The van der Waals surface area contributed by atoms with E-state index in [4.69, 9.17) is 17.2 Å². The molecule has 0 aliphatic carbocycles. The van der Waals surface area contributed by atoms with Crippen LogP contribution in [-0.2, 0) is 0 Å². The number of fused-ring (bicyclic) bond motifs is 2. The predicted octanol–water partition coefficient (Wildman–Crippen LogP) is 5.60. The van der Waals surface area contributed by atoms with Gasteiger partial charge in [-0.3, -0.25) is 0 Å². The van der Waals surface area contributed by atoms with E-state index in [9.17, 15) is 0 Å². The average molecular weight is 352 g/mol. The number of thiocarbonyl (C=S) groups is 1. The van der Waals surface area contributed by atoms with Crippen LogP contribution >= 0.6 is 12.2 Å². The van der Waals surface area contributed by atoms with E-state index in [0.717, 1.165) is 39.2 Å². The minimum Gasteiger partial charge on any atom is -0.352 e. The summed E-state index contributed by atoms with van der Waals surface area (Å²) in [5, 5.41) is 6.45. The van der Waals surface area contributed by atoms with Crippen molar-refractivity contribution < 1.29 is 0 Å². The lowest BCUT2D eigenvalue weighted by molar-refractivity contribution is 0.477. The van der Waals surface area contributed by atoms with Crippen LogP contribution in [0, 0.1) is 0 Å². The minimum absolute atomic E-state index is 0.762. The van der Waals surface area contributed by atoms with E-state index in [1.165, 1.54) is 25.7 Å². The van der Waals surface area contributed by atoms with E-state index in [1.807, 2.05) is 36.4 Å². The fourth-order valence-corrected chi connectivity index (χ4v) is 3.25. The number of nitrogens with zero attached hydrogens (tertiary/aromatic N) is 2. The van der Waals surface area contributed by atoms with Crippen molar-refractivity contribution >= 4 is 44.8 Å². The van der Waals surface area contributed by atoms with Gasteiger partial charge >= 0.3 is 0 Å². The first-order chi connectivity index (χ1) is 12.2. The van der Waals surface area contributed by atoms with Crippen LogP contribution in [-0.4, -0.2) is 28.6 Å². The molecule has 3 nitrogen and oxygen atoms in total. The largest absolute Gasteiger partial charge is 0.352 e. The minimum atomic E-state index is 0.762. The molecular formula is C21H25N3S. The fraction of sp³-hybridized carbons (Fsp3) is 0.333. The molecule has 3 rings (SSSR count). The van der Waals surface area contributed by atoms with E-state index in [2.05, 4.69) is 36.3 Å². The van der Waals surface area contributed by atoms with Gasteiger partial charge in [-0.05, 0) is 30.8 Å². The second kappa shape index (κ2) is 8.26. The topological polar surface area (TPSA) is 28.2 Å². The standard InChI is InChI=1S/C21H25N3S/c1-3-4-5-10-15-24(2)21(25)23-20-16-11-6-8-13-18(16)22-19-14-9-7-12-17(19)20/h6-9,11-14H,3-5,10,15H2,1-2H3,(H,22,23,25). The number of hydrogen-bond donors (Lipinski definition) is 1. The van der Waals surface area contributed by atoms with Crippen molar-refractivity contribution in [2.75, 3.05) is 18.9 Å². The third kappa shape index (κ3) is 4.07. The molecule has 0 saturated heterocycles. The van der Waals surface area contributed by atoms with Gasteiger partial charge in [-0.15, -0.1) is 0 Å². The monoisotopic (exact) mass is 351 g/mol. The summed E-state index contributed by atoms with van der Waals surface area (Å²) >= 11 is 5.66.